The number of nitrogens with zero attached hydrogens (tertiary/aromatic N) is 2. The van der Waals surface area contributed by atoms with Crippen LogP contribution in [0.5, 0.6) is 0 Å². The SMILES string of the molecule is C[C@@H]1C2CC[C@]3(C)C(CC[C@@H]4C5C(C6(C)CC6)CC[C@]5(C(=O)N5CCC[C@H]5c5ncc(C(C)(C)C)[nH]5)CC[C@]43C)[C@@]2(C)CC[C@@H]1OC(=O)[C@H]1C[C@@H](C(=O)O)C1(C)C. The number of esters is 1. The van der Waals surface area contributed by atoms with E-state index in [4.69, 9.17) is 9.72 Å². The topological polar surface area (TPSA) is 113 Å². The highest BCUT2D eigenvalue weighted by molar-refractivity contribution is 5.85. The maximum Gasteiger partial charge on any atom is 0.309 e. The Morgan fingerprint density at radius 3 is 2.19 bits per heavy atom. The fraction of sp³-hybridized carbons (Fsp3) is 0.878. The van der Waals surface area contributed by atoms with Gasteiger partial charge in [0.1, 0.15) is 11.9 Å². The number of likely N-dealkylation sites (tertiary alicyclic amines) is 1. The first-order chi connectivity index (χ1) is 26.6. The van der Waals surface area contributed by atoms with Crippen LogP contribution in [0.4, 0.5) is 0 Å². The zero-order valence-corrected chi connectivity index (χ0v) is 37.1. The molecule has 1 amide bonds. The Balaban J connectivity index is 0.970. The van der Waals surface area contributed by atoms with Crippen LogP contribution < -0.4 is 0 Å². The second-order valence-corrected chi connectivity index (χ2v) is 24.2. The van der Waals surface area contributed by atoms with E-state index in [9.17, 15) is 14.7 Å². The smallest absolute Gasteiger partial charge is 0.309 e. The molecule has 8 aliphatic rings. The summed E-state index contributed by atoms with van der Waals surface area (Å²) in [7, 11) is 0. The van der Waals surface area contributed by atoms with Crippen molar-refractivity contribution in [1.29, 1.82) is 0 Å². The summed E-state index contributed by atoms with van der Waals surface area (Å²) in [5, 5.41) is 9.67. The van der Waals surface area contributed by atoms with Crippen molar-refractivity contribution in [3.8, 4) is 0 Å². The first-order valence-electron chi connectivity index (χ1n) is 23.4. The number of rotatable bonds is 6. The fourth-order valence-electron chi connectivity index (χ4n) is 16.5. The van der Waals surface area contributed by atoms with Gasteiger partial charge >= 0.3 is 11.9 Å². The fourth-order valence-corrected chi connectivity index (χ4v) is 16.5. The molecular weight excluding hydrogens is 711 g/mol. The molecule has 8 fully saturated rings. The molecule has 14 atom stereocenters. The summed E-state index contributed by atoms with van der Waals surface area (Å²) in [5.74, 6) is 2.70. The van der Waals surface area contributed by atoms with Crippen LogP contribution in [0.3, 0.4) is 0 Å². The van der Waals surface area contributed by atoms with Gasteiger partial charge < -0.3 is 19.7 Å². The number of hydrogen-bond acceptors (Lipinski definition) is 5. The van der Waals surface area contributed by atoms with Gasteiger partial charge in [-0.2, -0.15) is 0 Å². The molecule has 0 bridgehead atoms. The molecule has 7 aliphatic carbocycles. The standard InChI is InChI=1S/C49H75N3O5/c1-28-29-15-19-48(10)36(46(29,8)18-17-35(28)57-41(55)33-26-32(40(53)54)44(33,5)6)14-13-31-38-30(45(7)21-22-45)16-20-49(38,24-23-47(31,48)9)42(56)52-25-11-12-34(52)39-50-27-37(51-39)43(2,3)4/h27-36,38H,11-26H2,1-10H3,(H,50,51)(H,53,54)/t28-,29?,30?,31-,32+,33-,34+,35+,36?,38?,46+,47-,48-,49+/m1/s1. The maximum absolute atomic E-state index is 15.6. The minimum absolute atomic E-state index is 0.00775. The third-order valence-corrected chi connectivity index (χ3v) is 20.7. The monoisotopic (exact) mass is 786 g/mol. The van der Waals surface area contributed by atoms with Crippen LogP contribution in [0.2, 0.25) is 0 Å². The van der Waals surface area contributed by atoms with Crippen LogP contribution in [0.25, 0.3) is 0 Å². The van der Waals surface area contributed by atoms with Gasteiger partial charge in [0.25, 0.3) is 0 Å². The highest BCUT2D eigenvalue weighted by Gasteiger charge is 2.73. The van der Waals surface area contributed by atoms with E-state index in [0.717, 1.165) is 63.0 Å². The molecule has 9 rings (SSSR count). The van der Waals surface area contributed by atoms with Crippen molar-refractivity contribution >= 4 is 17.8 Å². The van der Waals surface area contributed by atoms with Gasteiger partial charge in [-0.3, -0.25) is 14.4 Å². The largest absolute Gasteiger partial charge is 0.481 e. The minimum atomic E-state index is -0.806. The number of hydrogen-bond donors (Lipinski definition) is 2. The zero-order valence-electron chi connectivity index (χ0n) is 37.1. The van der Waals surface area contributed by atoms with Gasteiger partial charge in [0.15, 0.2) is 0 Å². The lowest BCUT2D eigenvalue weighted by Gasteiger charge is -2.72. The van der Waals surface area contributed by atoms with E-state index >= 15 is 4.79 Å². The molecule has 316 valence electrons. The van der Waals surface area contributed by atoms with Crippen LogP contribution in [-0.2, 0) is 24.5 Å². The first-order valence-corrected chi connectivity index (χ1v) is 23.4. The van der Waals surface area contributed by atoms with Crippen molar-refractivity contribution in [2.75, 3.05) is 6.54 Å². The number of aliphatic carboxylic acids is 1. The number of carbonyl (C=O) groups is 3. The molecule has 1 saturated heterocycles. The molecular formula is C49H75N3O5. The van der Waals surface area contributed by atoms with Gasteiger partial charge in [-0.05, 0) is 159 Å². The molecule has 1 aliphatic heterocycles. The van der Waals surface area contributed by atoms with E-state index in [1.807, 2.05) is 20.0 Å². The molecule has 2 heterocycles. The number of fused-ring (bicyclic) bond motifs is 7. The normalized spacial score (nSPS) is 46.8. The Hall–Kier alpha value is -2.38. The van der Waals surface area contributed by atoms with Crippen molar-refractivity contribution < 1.29 is 24.2 Å². The van der Waals surface area contributed by atoms with Gasteiger partial charge in [0.2, 0.25) is 5.91 Å². The number of carbonyl (C=O) groups excluding carboxylic acids is 2. The Morgan fingerprint density at radius 1 is 0.825 bits per heavy atom. The van der Waals surface area contributed by atoms with Crippen molar-refractivity contribution in [3.63, 3.8) is 0 Å². The lowest BCUT2D eigenvalue weighted by molar-refractivity contribution is -0.240. The summed E-state index contributed by atoms with van der Waals surface area (Å²) in [6.45, 7) is 24.3. The molecule has 0 radical (unpaired) electrons. The number of imidazole rings is 1. The Morgan fingerprint density at radius 2 is 1.54 bits per heavy atom. The lowest BCUT2D eigenvalue weighted by atomic mass is 9.33. The summed E-state index contributed by atoms with van der Waals surface area (Å²) >= 11 is 0. The Labute approximate surface area is 343 Å². The second kappa shape index (κ2) is 12.8. The molecule has 1 aromatic rings. The number of nitrogens with one attached hydrogen (secondary N) is 1. The van der Waals surface area contributed by atoms with Gasteiger partial charge in [0.05, 0.1) is 23.3 Å². The number of amides is 1. The number of aromatic amines is 1. The van der Waals surface area contributed by atoms with Crippen LogP contribution in [0.15, 0.2) is 6.20 Å². The molecule has 1 aromatic heterocycles. The molecule has 8 heteroatoms. The first kappa shape index (κ1) is 40.0. The average molecular weight is 786 g/mol. The zero-order chi connectivity index (χ0) is 40.9. The van der Waals surface area contributed by atoms with Crippen molar-refractivity contribution in [2.45, 2.75) is 183 Å². The highest BCUT2D eigenvalue weighted by atomic mass is 16.5. The third kappa shape index (κ3) is 5.54. The predicted octanol–water partition coefficient (Wildman–Crippen LogP) is 10.5. The van der Waals surface area contributed by atoms with E-state index < -0.39 is 17.3 Å². The molecule has 0 aromatic carbocycles. The molecule has 57 heavy (non-hydrogen) atoms. The number of carboxylic acid groups (broad SMARTS) is 1. The van der Waals surface area contributed by atoms with Crippen molar-refractivity contribution in [3.05, 3.63) is 17.7 Å². The van der Waals surface area contributed by atoms with E-state index in [-0.39, 0.29) is 57.0 Å². The molecule has 0 spiro atoms. The predicted molar refractivity (Wildman–Crippen MR) is 221 cm³/mol. The van der Waals surface area contributed by atoms with Crippen LogP contribution in [0.1, 0.15) is 183 Å². The van der Waals surface area contributed by atoms with E-state index in [1.54, 1.807) is 0 Å². The van der Waals surface area contributed by atoms with Crippen molar-refractivity contribution in [2.24, 2.45) is 79.8 Å². The average Bonchev–Trinajstić information content (AvgIpc) is 3.54. The van der Waals surface area contributed by atoms with Crippen LogP contribution >= 0.6 is 0 Å². The molecule has 4 unspecified atom stereocenters. The number of H-pyrrole nitrogens is 1. The van der Waals surface area contributed by atoms with Gasteiger partial charge in [-0.1, -0.05) is 69.2 Å². The summed E-state index contributed by atoms with van der Waals surface area (Å²) in [4.78, 5) is 51.8. The van der Waals surface area contributed by atoms with E-state index in [2.05, 4.69) is 65.3 Å². The Kier molecular flexibility index (Phi) is 9.01. The summed E-state index contributed by atoms with van der Waals surface area (Å²) in [6.07, 6.45) is 18.3. The van der Waals surface area contributed by atoms with Gasteiger partial charge in [-0.25, -0.2) is 4.98 Å². The van der Waals surface area contributed by atoms with Gasteiger partial charge in [0, 0.05) is 23.9 Å². The highest BCUT2D eigenvalue weighted by Crippen LogP contribution is 2.79. The molecule has 2 N–H and O–H groups in total. The summed E-state index contributed by atoms with van der Waals surface area (Å²) in [6, 6.07) is 0.0502. The van der Waals surface area contributed by atoms with Crippen molar-refractivity contribution in [1.82, 2.24) is 14.9 Å². The maximum atomic E-state index is 15.6. The summed E-state index contributed by atoms with van der Waals surface area (Å²) < 4.78 is 6.38. The van der Waals surface area contributed by atoms with Gasteiger partial charge in [-0.15, -0.1) is 0 Å². The lowest BCUT2D eigenvalue weighted by Crippen LogP contribution is -2.66. The van der Waals surface area contributed by atoms with E-state index in [0.29, 0.717) is 47.3 Å². The van der Waals surface area contributed by atoms with Crippen LogP contribution in [0, 0.1) is 79.8 Å². The molecule has 7 saturated carbocycles. The van der Waals surface area contributed by atoms with E-state index in [1.165, 1.54) is 44.9 Å². The third-order valence-electron chi connectivity index (χ3n) is 20.7. The number of carboxylic acids is 1. The summed E-state index contributed by atoms with van der Waals surface area (Å²) in [5.41, 5.74) is 1.26. The molecule has 8 nitrogen and oxygen atoms in total. The second-order valence-electron chi connectivity index (χ2n) is 24.2. The number of aromatic nitrogens is 2. The minimum Gasteiger partial charge on any atom is -0.481 e. The number of ether oxygens (including phenoxy) is 1. The quantitative estimate of drug-likeness (QED) is 0.278. The Bertz CT molecular complexity index is 1810. The van der Waals surface area contributed by atoms with Crippen LogP contribution in [-0.4, -0.2) is 50.5 Å².